The average molecular weight is 511 g/mol. The molecule has 0 radical (unpaired) electrons. The lowest BCUT2D eigenvalue weighted by atomic mass is 9.89. The van der Waals surface area contributed by atoms with E-state index in [0.717, 1.165) is 44.6 Å². The third-order valence-corrected chi connectivity index (χ3v) is 7.96. The fraction of sp³-hybridized carbons (Fsp3) is 0.552. The van der Waals surface area contributed by atoms with E-state index in [0.29, 0.717) is 12.5 Å². The van der Waals surface area contributed by atoms with E-state index in [2.05, 4.69) is 52.4 Å². The highest BCUT2D eigenvalue weighted by molar-refractivity contribution is 5.73. The van der Waals surface area contributed by atoms with E-state index in [1.54, 1.807) is 0 Å². The van der Waals surface area contributed by atoms with Gasteiger partial charge >= 0.3 is 0 Å². The molecule has 0 amide bonds. The summed E-state index contributed by atoms with van der Waals surface area (Å²) in [5.41, 5.74) is 4.74. The molecule has 2 fully saturated rings. The summed E-state index contributed by atoms with van der Waals surface area (Å²) in [6.07, 6.45) is -0.632. The van der Waals surface area contributed by atoms with E-state index in [4.69, 9.17) is 9.47 Å². The van der Waals surface area contributed by atoms with Gasteiger partial charge in [0.25, 0.3) is 0 Å². The van der Waals surface area contributed by atoms with Crippen molar-refractivity contribution >= 4 is 11.0 Å². The Morgan fingerprint density at radius 1 is 1.03 bits per heavy atom. The second-order valence-electron chi connectivity index (χ2n) is 10.3. The number of nitrogens with zero attached hydrogens (tertiary/aromatic N) is 3. The van der Waals surface area contributed by atoms with Crippen molar-refractivity contribution < 1.29 is 29.4 Å². The summed E-state index contributed by atoms with van der Waals surface area (Å²) in [6, 6.07) is 16.3. The van der Waals surface area contributed by atoms with Gasteiger partial charge in [-0.2, -0.15) is 0 Å². The van der Waals surface area contributed by atoms with E-state index >= 15 is 0 Å². The number of ether oxygens (including phenoxy) is 2. The van der Waals surface area contributed by atoms with Crippen molar-refractivity contribution in [3.05, 3.63) is 66.0 Å². The van der Waals surface area contributed by atoms with Gasteiger partial charge in [-0.15, -0.1) is 0 Å². The molecule has 3 heterocycles. The molecule has 5 rings (SSSR count). The summed E-state index contributed by atoms with van der Waals surface area (Å²) >= 11 is 0. The highest BCUT2D eigenvalue weighted by Gasteiger charge is 2.40. The minimum atomic E-state index is -1.21. The molecule has 2 saturated heterocycles. The largest absolute Gasteiger partial charge is 0.389 e. The van der Waals surface area contributed by atoms with E-state index < -0.39 is 30.7 Å². The number of likely N-dealkylation sites (tertiary alicyclic amines) is 1. The third-order valence-electron chi connectivity index (χ3n) is 7.96. The number of benzene rings is 2. The maximum atomic E-state index is 10.9. The van der Waals surface area contributed by atoms with Gasteiger partial charge < -0.3 is 29.7 Å². The van der Waals surface area contributed by atoms with E-state index in [-0.39, 0.29) is 6.61 Å². The van der Waals surface area contributed by atoms with Crippen LogP contribution in [0.1, 0.15) is 50.0 Å². The van der Waals surface area contributed by atoms with Crippen molar-refractivity contribution in [3.63, 3.8) is 0 Å². The lowest BCUT2D eigenvalue weighted by molar-refractivity contribution is -0.668. The highest BCUT2D eigenvalue weighted by Crippen LogP contribution is 2.31. The predicted molar refractivity (Wildman–Crippen MR) is 140 cm³/mol. The van der Waals surface area contributed by atoms with Gasteiger partial charge in [-0.3, -0.25) is 0 Å². The molecule has 3 N–H and O–H groups in total. The van der Waals surface area contributed by atoms with Crippen molar-refractivity contribution in [3.8, 4) is 0 Å². The van der Waals surface area contributed by atoms with Crippen molar-refractivity contribution in [2.45, 2.75) is 76.4 Å². The quantitative estimate of drug-likeness (QED) is 0.403. The zero-order valence-electron chi connectivity index (χ0n) is 21.8. The highest BCUT2D eigenvalue weighted by atomic mass is 16.7. The normalized spacial score (nSPS) is 25.4. The molecule has 8 heteroatoms. The molecule has 3 aromatic rings. The minimum absolute atomic E-state index is 0.0451. The van der Waals surface area contributed by atoms with E-state index in [1.165, 1.54) is 16.6 Å². The Hall–Kier alpha value is -2.33. The zero-order chi connectivity index (χ0) is 25.9. The maximum Gasteiger partial charge on any atom is 0.244 e. The first-order chi connectivity index (χ1) is 18.0. The van der Waals surface area contributed by atoms with Crippen LogP contribution in [0.4, 0.5) is 0 Å². The topological polar surface area (TPSA) is 91.2 Å². The summed E-state index contributed by atoms with van der Waals surface area (Å²) in [5.74, 6) is 0.477. The van der Waals surface area contributed by atoms with Crippen molar-refractivity contribution in [2.24, 2.45) is 0 Å². The van der Waals surface area contributed by atoms with Gasteiger partial charge in [0.2, 0.25) is 6.33 Å². The molecule has 5 atom stereocenters. The predicted octanol–water partition coefficient (Wildman–Crippen LogP) is 2.34. The zero-order valence-corrected chi connectivity index (χ0v) is 21.8. The first-order valence-corrected chi connectivity index (χ1v) is 13.6. The fourth-order valence-corrected chi connectivity index (χ4v) is 5.75. The number of fused-ring (bicyclic) bond motifs is 1. The summed E-state index contributed by atoms with van der Waals surface area (Å²) < 4.78 is 16.1. The van der Waals surface area contributed by atoms with Crippen LogP contribution in [0, 0.1) is 0 Å². The summed E-state index contributed by atoms with van der Waals surface area (Å²) in [6.45, 7) is 8.33. The van der Waals surface area contributed by atoms with Gasteiger partial charge in [-0.05, 0) is 63.4 Å². The van der Waals surface area contributed by atoms with Gasteiger partial charge in [-0.1, -0.05) is 36.4 Å². The second-order valence-corrected chi connectivity index (χ2v) is 10.3. The van der Waals surface area contributed by atoms with Gasteiger partial charge in [0.15, 0.2) is 17.3 Å². The Kier molecular flexibility index (Phi) is 8.24. The standard InChI is InChI=1S/C29H40N3O5/c1-3-31-19-32(4-2)24-16-22(10-11-23(24)31)20-12-14-30(15-13-20)17-25(33)27(35)28-26(34)18-36-29(37-28)21-8-6-5-7-9-21/h5-11,16,19-20,25-29,33-35H,3-4,12-15,17-18H2,1-2H3/q+1/t25-,26+,27+,28+,29?/m0/s1. The van der Waals surface area contributed by atoms with E-state index in [9.17, 15) is 15.3 Å². The van der Waals surface area contributed by atoms with Crippen LogP contribution < -0.4 is 4.57 Å². The monoisotopic (exact) mass is 510 g/mol. The number of aliphatic hydroxyl groups excluding tert-OH is 3. The van der Waals surface area contributed by atoms with Gasteiger partial charge in [0.1, 0.15) is 18.3 Å². The number of hydrogen-bond donors (Lipinski definition) is 3. The number of hydrogen-bond acceptors (Lipinski definition) is 6. The molecular weight excluding hydrogens is 470 g/mol. The molecule has 200 valence electrons. The maximum absolute atomic E-state index is 10.9. The second kappa shape index (κ2) is 11.6. The number of β-amino-alcohol motifs (C(OH)–C–C–N with tert-alkyl or cyclic N) is 1. The van der Waals surface area contributed by atoms with Crippen LogP contribution in [0.25, 0.3) is 11.0 Å². The average Bonchev–Trinajstić information content (AvgIpc) is 3.31. The summed E-state index contributed by atoms with van der Waals surface area (Å²) in [4.78, 5) is 2.20. The Morgan fingerprint density at radius 2 is 1.78 bits per heavy atom. The molecule has 2 aliphatic rings. The minimum Gasteiger partial charge on any atom is -0.389 e. The van der Waals surface area contributed by atoms with Crippen molar-refractivity contribution in [1.82, 2.24) is 9.47 Å². The Morgan fingerprint density at radius 3 is 2.49 bits per heavy atom. The Balaban J connectivity index is 1.17. The smallest absolute Gasteiger partial charge is 0.244 e. The molecule has 1 aromatic heterocycles. The SMILES string of the molecule is CCn1c[n+](CC)c2ccc(C3CCN(C[C@H](O)[C@@H](O)[C@@H]4OC(c5ccccc5)OC[C@H]4O)CC3)cc21. The molecule has 0 spiro atoms. The molecular formula is C29H40N3O5+. The molecule has 1 unspecified atom stereocenters. The van der Waals surface area contributed by atoms with Gasteiger partial charge in [0, 0.05) is 12.1 Å². The summed E-state index contributed by atoms with van der Waals surface area (Å²) in [7, 11) is 0. The Bertz CT molecular complexity index is 1160. The summed E-state index contributed by atoms with van der Waals surface area (Å²) in [5, 5.41) is 32.2. The van der Waals surface area contributed by atoms with Crippen LogP contribution in [0.15, 0.2) is 54.9 Å². The number of aliphatic hydroxyl groups is 3. The molecule has 8 nitrogen and oxygen atoms in total. The van der Waals surface area contributed by atoms with Crippen LogP contribution >= 0.6 is 0 Å². The lowest BCUT2D eigenvalue weighted by Gasteiger charge is -2.39. The van der Waals surface area contributed by atoms with Crippen LogP contribution in [0.3, 0.4) is 0 Å². The number of imidazole rings is 1. The molecule has 2 aliphatic heterocycles. The lowest BCUT2D eigenvalue weighted by Crippen LogP contribution is -2.54. The first-order valence-electron chi connectivity index (χ1n) is 13.6. The number of aryl methyl sites for hydroxylation is 2. The number of rotatable bonds is 8. The molecule has 37 heavy (non-hydrogen) atoms. The Labute approximate surface area is 218 Å². The van der Waals surface area contributed by atoms with Crippen molar-refractivity contribution in [1.29, 1.82) is 0 Å². The van der Waals surface area contributed by atoms with Crippen LogP contribution in [-0.4, -0.2) is 75.4 Å². The molecule has 0 aliphatic carbocycles. The first kappa shape index (κ1) is 26.3. The number of piperidine rings is 1. The van der Waals surface area contributed by atoms with Crippen molar-refractivity contribution in [2.75, 3.05) is 26.2 Å². The molecule has 2 aromatic carbocycles. The van der Waals surface area contributed by atoms with Crippen LogP contribution in [0.5, 0.6) is 0 Å². The van der Waals surface area contributed by atoms with E-state index in [1.807, 2.05) is 30.3 Å². The third kappa shape index (κ3) is 5.60. The molecule has 0 saturated carbocycles. The number of aromatic nitrogens is 2. The van der Waals surface area contributed by atoms with Gasteiger partial charge in [-0.25, -0.2) is 9.13 Å². The fourth-order valence-electron chi connectivity index (χ4n) is 5.75. The van der Waals surface area contributed by atoms with Gasteiger partial charge in [0.05, 0.1) is 25.8 Å². The van der Waals surface area contributed by atoms with Crippen LogP contribution in [-0.2, 0) is 22.6 Å². The molecule has 0 bridgehead atoms. The van der Waals surface area contributed by atoms with Crippen LogP contribution in [0.2, 0.25) is 0 Å².